The predicted molar refractivity (Wildman–Crippen MR) is 70.9 cm³/mol. The van der Waals surface area contributed by atoms with Crippen molar-refractivity contribution in [3.63, 3.8) is 0 Å². The van der Waals surface area contributed by atoms with Gasteiger partial charge in [-0.05, 0) is 19.1 Å². The fourth-order valence-electron chi connectivity index (χ4n) is 1.25. The Morgan fingerprint density at radius 3 is 2.72 bits per heavy atom. The van der Waals surface area contributed by atoms with E-state index in [-0.39, 0.29) is 11.7 Å². The number of ether oxygens (including phenoxy) is 1. The number of para-hydroxylation sites is 1. The number of imide groups is 1. The van der Waals surface area contributed by atoms with Crippen LogP contribution in [0.25, 0.3) is 0 Å². The van der Waals surface area contributed by atoms with Crippen molar-refractivity contribution < 1.29 is 14.3 Å². The molecule has 0 heterocycles. The molecule has 0 atom stereocenters. The summed E-state index contributed by atoms with van der Waals surface area (Å²) in [6.07, 6.45) is 0. The Labute approximate surface area is 110 Å². The van der Waals surface area contributed by atoms with Crippen LogP contribution in [0.15, 0.2) is 29.2 Å². The van der Waals surface area contributed by atoms with Crippen LogP contribution in [0.3, 0.4) is 0 Å². The predicted octanol–water partition coefficient (Wildman–Crippen LogP) is 1.63. The Hall–Kier alpha value is -1.69. The quantitative estimate of drug-likeness (QED) is 0.797. The summed E-state index contributed by atoms with van der Waals surface area (Å²) in [5, 5.41) is 4.73. The summed E-state index contributed by atoms with van der Waals surface area (Å²) in [5.41, 5.74) is 0. The van der Waals surface area contributed by atoms with Crippen molar-refractivity contribution in [2.75, 3.05) is 19.4 Å². The number of benzene rings is 1. The average Bonchev–Trinajstić information content (AvgIpc) is 2.37. The molecule has 98 valence electrons. The van der Waals surface area contributed by atoms with Crippen LogP contribution in [0.5, 0.6) is 5.75 Å². The van der Waals surface area contributed by atoms with Crippen LogP contribution in [-0.4, -0.2) is 31.3 Å². The van der Waals surface area contributed by atoms with Gasteiger partial charge in [0.25, 0.3) is 0 Å². The topological polar surface area (TPSA) is 67.4 Å². The first-order valence-electron chi connectivity index (χ1n) is 5.50. The van der Waals surface area contributed by atoms with E-state index in [1.165, 1.54) is 11.8 Å². The molecule has 0 spiro atoms. The van der Waals surface area contributed by atoms with Gasteiger partial charge in [-0.2, -0.15) is 0 Å². The van der Waals surface area contributed by atoms with Crippen molar-refractivity contribution >= 4 is 23.7 Å². The summed E-state index contributed by atoms with van der Waals surface area (Å²) in [6, 6.07) is 6.94. The van der Waals surface area contributed by atoms with E-state index in [1.54, 1.807) is 14.0 Å². The third-order valence-electron chi connectivity index (χ3n) is 2.02. The van der Waals surface area contributed by atoms with Crippen molar-refractivity contribution in [2.24, 2.45) is 0 Å². The molecule has 0 aliphatic carbocycles. The summed E-state index contributed by atoms with van der Waals surface area (Å²) >= 11 is 1.32. The zero-order valence-electron chi connectivity index (χ0n) is 10.4. The molecule has 3 amide bonds. The molecule has 0 bridgehead atoms. The number of hydrogen-bond acceptors (Lipinski definition) is 4. The fourth-order valence-corrected chi connectivity index (χ4v) is 2.08. The highest BCUT2D eigenvalue weighted by atomic mass is 32.2. The van der Waals surface area contributed by atoms with E-state index in [0.717, 1.165) is 4.90 Å². The van der Waals surface area contributed by atoms with Crippen LogP contribution >= 0.6 is 11.8 Å². The Kier molecular flexibility index (Phi) is 6.07. The van der Waals surface area contributed by atoms with E-state index in [1.807, 2.05) is 24.3 Å². The van der Waals surface area contributed by atoms with Gasteiger partial charge < -0.3 is 10.1 Å². The second kappa shape index (κ2) is 7.60. The minimum Gasteiger partial charge on any atom is -0.496 e. The molecule has 6 heteroatoms. The third-order valence-corrected chi connectivity index (χ3v) is 3.07. The molecule has 18 heavy (non-hydrogen) atoms. The monoisotopic (exact) mass is 268 g/mol. The number of urea groups is 1. The summed E-state index contributed by atoms with van der Waals surface area (Å²) in [4.78, 5) is 23.4. The van der Waals surface area contributed by atoms with Crippen molar-refractivity contribution in [1.29, 1.82) is 0 Å². The molecule has 1 rings (SSSR count). The lowest BCUT2D eigenvalue weighted by molar-refractivity contribution is -0.117. The van der Waals surface area contributed by atoms with Crippen molar-refractivity contribution in [3.05, 3.63) is 24.3 Å². The normalized spacial score (nSPS) is 9.67. The SMILES string of the molecule is CCNC(=O)NC(=O)CSc1ccccc1OC. The highest BCUT2D eigenvalue weighted by Crippen LogP contribution is 2.28. The standard InChI is InChI=1S/C12H16N2O3S/c1-3-13-12(16)14-11(15)8-18-10-7-5-4-6-9(10)17-2/h4-7H,3,8H2,1-2H3,(H2,13,14,15,16). The zero-order chi connectivity index (χ0) is 13.4. The number of carbonyl (C=O) groups is 2. The molecule has 0 radical (unpaired) electrons. The van der Waals surface area contributed by atoms with Gasteiger partial charge in [0.05, 0.1) is 12.9 Å². The van der Waals surface area contributed by atoms with Gasteiger partial charge in [0.15, 0.2) is 0 Å². The summed E-state index contributed by atoms with van der Waals surface area (Å²) in [5.74, 6) is 0.544. The lowest BCUT2D eigenvalue weighted by atomic mass is 10.3. The van der Waals surface area contributed by atoms with Gasteiger partial charge in [0.1, 0.15) is 5.75 Å². The average molecular weight is 268 g/mol. The molecule has 2 N–H and O–H groups in total. The van der Waals surface area contributed by atoms with Gasteiger partial charge in [-0.25, -0.2) is 4.79 Å². The summed E-state index contributed by atoms with van der Waals surface area (Å²) < 4.78 is 5.17. The van der Waals surface area contributed by atoms with Gasteiger partial charge >= 0.3 is 6.03 Å². The first kappa shape index (κ1) is 14.4. The lowest BCUT2D eigenvalue weighted by Crippen LogP contribution is -2.40. The van der Waals surface area contributed by atoms with Gasteiger partial charge in [-0.15, -0.1) is 11.8 Å². The molecule has 0 aliphatic heterocycles. The molecule has 0 saturated carbocycles. The van der Waals surface area contributed by atoms with E-state index >= 15 is 0 Å². The maximum Gasteiger partial charge on any atom is 0.321 e. The first-order valence-corrected chi connectivity index (χ1v) is 6.49. The van der Waals surface area contributed by atoms with E-state index in [9.17, 15) is 9.59 Å². The number of amides is 3. The first-order chi connectivity index (χ1) is 8.67. The van der Waals surface area contributed by atoms with Crippen molar-refractivity contribution in [2.45, 2.75) is 11.8 Å². The van der Waals surface area contributed by atoms with E-state index < -0.39 is 6.03 Å². The molecule has 0 unspecified atom stereocenters. The van der Waals surface area contributed by atoms with Gasteiger partial charge in [0.2, 0.25) is 5.91 Å². The smallest absolute Gasteiger partial charge is 0.321 e. The fraction of sp³-hybridized carbons (Fsp3) is 0.333. The van der Waals surface area contributed by atoms with Crippen LogP contribution in [0.1, 0.15) is 6.92 Å². The highest BCUT2D eigenvalue weighted by molar-refractivity contribution is 8.00. The highest BCUT2D eigenvalue weighted by Gasteiger charge is 2.09. The van der Waals surface area contributed by atoms with Crippen molar-refractivity contribution in [1.82, 2.24) is 10.6 Å². The molecule has 1 aromatic carbocycles. The zero-order valence-corrected chi connectivity index (χ0v) is 11.2. The molecule has 1 aromatic rings. The molecule has 0 aromatic heterocycles. The molecular weight excluding hydrogens is 252 g/mol. The van der Waals surface area contributed by atoms with Gasteiger partial charge in [-0.1, -0.05) is 12.1 Å². The number of carbonyl (C=O) groups excluding carboxylic acids is 2. The minimum atomic E-state index is -0.469. The molecule has 0 fully saturated rings. The second-order valence-corrected chi connectivity index (χ2v) is 4.36. The van der Waals surface area contributed by atoms with Gasteiger partial charge in [0, 0.05) is 11.4 Å². The van der Waals surface area contributed by atoms with E-state index in [0.29, 0.717) is 12.3 Å². The van der Waals surface area contributed by atoms with Crippen LogP contribution in [0.4, 0.5) is 4.79 Å². The lowest BCUT2D eigenvalue weighted by Gasteiger charge is -2.07. The Balaban J connectivity index is 2.45. The minimum absolute atomic E-state index is 0.164. The van der Waals surface area contributed by atoms with Crippen LogP contribution in [-0.2, 0) is 4.79 Å². The maximum atomic E-state index is 11.5. The van der Waals surface area contributed by atoms with Gasteiger partial charge in [-0.3, -0.25) is 10.1 Å². The molecule has 0 saturated heterocycles. The van der Waals surface area contributed by atoms with E-state index in [4.69, 9.17) is 4.74 Å². The van der Waals surface area contributed by atoms with Crippen molar-refractivity contribution in [3.8, 4) is 5.75 Å². The summed E-state index contributed by atoms with van der Waals surface area (Å²) in [7, 11) is 1.58. The molecular formula is C12H16N2O3S. The number of hydrogen-bond donors (Lipinski definition) is 2. The number of rotatable bonds is 5. The maximum absolute atomic E-state index is 11.5. The third kappa shape index (κ3) is 4.67. The number of thioether (sulfide) groups is 1. The van der Waals surface area contributed by atoms with E-state index in [2.05, 4.69) is 10.6 Å². The second-order valence-electron chi connectivity index (χ2n) is 3.35. The number of nitrogens with one attached hydrogen (secondary N) is 2. The van der Waals surface area contributed by atoms with Crippen LogP contribution in [0, 0.1) is 0 Å². The van der Waals surface area contributed by atoms with Crippen LogP contribution < -0.4 is 15.4 Å². The Morgan fingerprint density at radius 2 is 2.06 bits per heavy atom. The van der Waals surface area contributed by atoms with Crippen LogP contribution in [0.2, 0.25) is 0 Å². The Bertz CT molecular complexity index is 424. The molecule has 0 aliphatic rings. The summed E-state index contributed by atoms with van der Waals surface area (Å²) in [6.45, 7) is 2.27. The largest absolute Gasteiger partial charge is 0.496 e. The number of methoxy groups -OCH3 is 1. The Morgan fingerprint density at radius 1 is 1.33 bits per heavy atom. The molecule has 5 nitrogen and oxygen atoms in total.